The van der Waals surface area contributed by atoms with Crippen molar-refractivity contribution in [2.45, 2.75) is 25.2 Å². The maximum absolute atomic E-state index is 12.6. The van der Waals surface area contributed by atoms with Crippen molar-refractivity contribution in [3.8, 4) is 5.75 Å². The van der Waals surface area contributed by atoms with Crippen molar-refractivity contribution in [2.75, 3.05) is 18.4 Å². The van der Waals surface area contributed by atoms with E-state index in [2.05, 4.69) is 10.0 Å². The van der Waals surface area contributed by atoms with Crippen molar-refractivity contribution in [3.63, 3.8) is 0 Å². The minimum absolute atomic E-state index is 0.203. The smallest absolute Gasteiger partial charge is 0.261 e. The summed E-state index contributed by atoms with van der Waals surface area (Å²) in [4.78, 5) is 12.6. The highest BCUT2D eigenvalue weighted by atomic mass is 32.2. The Morgan fingerprint density at radius 1 is 0.935 bits per heavy atom. The van der Waals surface area contributed by atoms with E-state index in [1.54, 1.807) is 49.6 Å². The van der Waals surface area contributed by atoms with Gasteiger partial charge in [-0.2, -0.15) is 0 Å². The van der Waals surface area contributed by atoms with Gasteiger partial charge in [-0.1, -0.05) is 24.3 Å². The van der Waals surface area contributed by atoms with Gasteiger partial charge in [0, 0.05) is 17.8 Å². The molecule has 7 heteroatoms. The SMILES string of the molecule is COc1ccccc1CCNC(=O)c1ccc(NS(=O)(=O)c2ccc(C)c(C)c2)cc1. The van der Waals surface area contributed by atoms with Crippen LogP contribution in [-0.4, -0.2) is 28.0 Å². The predicted octanol–water partition coefficient (Wildman–Crippen LogP) is 4.09. The molecule has 0 aromatic heterocycles. The van der Waals surface area contributed by atoms with Crippen LogP contribution in [0.3, 0.4) is 0 Å². The molecule has 0 saturated carbocycles. The molecule has 0 spiro atoms. The Labute approximate surface area is 183 Å². The largest absolute Gasteiger partial charge is 0.496 e. The van der Waals surface area contributed by atoms with Crippen molar-refractivity contribution in [2.24, 2.45) is 0 Å². The van der Waals surface area contributed by atoms with Crippen LogP contribution < -0.4 is 14.8 Å². The third kappa shape index (κ3) is 5.64. The van der Waals surface area contributed by atoms with Crippen LogP contribution >= 0.6 is 0 Å². The van der Waals surface area contributed by atoms with Crippen LogP contribution in [0.15, 0.2) is 71.6 Å². The summed E-state index contributed by atoms with van der Waals surface area (Å²) in [5.41, 5.74) is 3.79. The molecule has 0 fully saturated rings. The van der Waals surface area contributed by atoms with Crippen molar-refractivity contribution >= 4 is 21.6 Å². The topological polar surface area (TPSA) is 84.5 Å². The van der Waals surface area contributed by atoms with Gasteiger partial charge in [-0.15, -0.1) is 0 Å². The molecule has 0 saturated heterocycles. The maximum Gasteiger partial charge on any atom is 0.261 e. The molecule has 0 aliphatic carbocycles. The molecule has 0 aliphatic rings. The zero-order valence-corrected chi connectivity index (χ0v) is 18.6. The van der Waals surface area contributed by atoms with Crippen LogP contribution in [-0.2, 0) is 16.4 Å². The molecule has 3 aromatic rings. The Hall–Kier alpha value is -3.32. The minimum Gasteiger partial charge on any atom is -0.496 e. The predicted molar refractivity (Wildman–Crippen MR) is 122 cm³/mol. The Bertz CT molecular complexity index is 1170. The normalized spacial score (nSPS) is 11.1. The highest BCUT2D eigenvalue weighted by molar-refractivity contribution is 7.92. The maximum atomic E-state index is 12.6. The lowest BCUT2D eigenvalue weighted by atomic mass is 10.1. The molecular weight excluding hydrogens is 412 g/mol. The van der Waals surface area contributed by atoms with Crippen LogP contribution in [0.2, 0.25) is 0 Å². The van der Waals surface area contributed by atoms with Gasteiger partial charge >= 0.3 is 0 Å². The van der Waals surface area contributed by atoms with E-state index < -0.39 is 10.0 Å². The Morgan fingerprint density at radius 2 is 1.65 bits per heavy atom. The first-order valence-electron chi connectivity index (χ1n) is 9.90. The monoisotopic (exact) mass is 438 g/mol. The summed E-state index contributed by atoms with van der Waals surface area (Å²) in [6.07, 6.45) is 0.642. The number of sulfonamides is 1. The molecule has 31 heavy (non-hydrogen) atoms. The van der Waals surface area contributed by atoms with Gasteiger partial charge in [0.25, 0.3) is 15.9 Å². The van der Waals surface area contributed by atoms with E-state index in [0.29, 0.717) is 24.2 Å². The summed E-state index contributed by atoms with van der Waals surface area (Å²) in [5, 5.41) is 2.87. The highest BCUT2D eigenvalue weighted by Crippen LogP contribution is 2.20. The number of carbonyl (C=O) groups excluding carboxylic acids is 1. The van der Waals surface area contributed by atoms with Crippen LogP contribution in [0.1, 0.15) is 27.0 Å². The van der Waals surface area contributed by atoms with Gasteiger partial charge < -0.3 is 10.1 Å². The molecule has 3 rings (SSSR count). The number of amides is 1. The second-order valence-electron chi connectivity index (χ2n) is 7.25. The second-order valence-corrected chi connectivity index (χ2v) is 8.93. The first kappa shape index (κ1) is 22.4. The van der Waals surface area contributed by atoms with Crippen LogP contribution in [0.4, 0.5) is 5.69 Å². The van der Waals surface area contributed by atoms with E-state index in [4.69, 9.17) is 4.74 Å². The summed E-state index contributed by atoms with van der Waals surface area (Å²) < 4.78 is 33.1. The number of para-hydroxylation sites is 1. The summed E-state index contributed by atoms with van der Waals surface area (Å²) >= 11 is 0. The fourth-order valence-corrected chi connectivity index (χ4v) is 4.25. The molecule has 3 aromatic carbocycles. The quantitative estimate of drug-likeness (QED) is 0.555. The number of anilines is 1. The van der Waals surface area contributed by atoms with E-state index in [1.165, 1.54) is 0 Å². The number of benzene rings is 3. The molecule has 1 amide bonds. The van der Waals surface area contributed by atoms with Crippen LogP contribution in [0, 0.1) is 13.8 Å². The van der Waals surface area contributed by atoms with Crippen molar-refractivity contribution in [3.05, 3.63) is 89.0 Å². The van der Waals surface area contributed by atoms with Gasteiger partial charge in [-0.3, -0.25) is 9.52 Å². The number of carbonyl (C=O) groups is 1. The molecule has 0 radical (unpaired) electrons. The molecule has 0 heterocycles. The molecule has 6 nitrogen and oxygen atoms in total. The molecule has 2 N–H and O–H groups in total. The average Bonchev–Trinajstić information content (AvgIpc) is 2.76. The first-order valence-corrected chi connectivity index (χ1v) is 11.4. The van der Waals surface area contributed by atoms with E-state index >= 15 is 0 Å². The minimum atomic E-state index is -3.70. The fourth-order valence-electron chi connectivity index (χ4n) is 3.11. The number of aryl methyl sites for hydroxylation is 2. The Kier molecular flexibility index (Phi) is 6.97. The number of ether oxygens (including phenoxy) is 1. The number of nitrogens with one attached hydrogen (secondary N) is 2. The lowest BCUT2D eigenvalue weighted by Gasteiger charge is -2.11. The first-order chi connectivity index (χ1) is 14.8. The van der Waals surface area contributed by atoms with Crippen molar-refractivity contribution < 1.29 is 17.9 Å². The Morgan fingerprint density at radius 3 is 2.32 bits per heavy atom. The van der Waals surface area contributed by atoms with E-state index in [9.17, 15) is 13.2 Å². The third-order valence-electron chi connectivity index (χ3n) is 5.06. The molecule has 0 aliphatic heterocycles. The molecule has 162 valence electrons. The molecular formula is C24H26N2O4S. The standard InChI is InChI=1S/C24H26N2O4S/c1-17-8-13-22(16-18(17)2)31(28,29)26-21-11-9-20(10-12-21)24(27)25-15-14-19-6-4-5-7-23(19)30-3/h4-13,16,26H,14-15H2,1-3H3,(H,25,27). The average molecular weight is 439 g/mol. The third-order valence-corrected chi connectivity index (χ3v) is 6.44. The summed E-state index contributed by atoms with van der Waals surface area (Å²) in [5.74, 6) is 0.565. The van der Waals surface area contributed by atoms with Gasteiger partial charge in [0.1, 0.15) is 5.75 Å². The molecule has 0 bridgehead atoms. The number of hydrogen-bond donors (Lipinski definition) is 2. The van der Waals surface area contributed by atoms with Crippen LogP contribution in [0.25, 0.3) is 0 Å². The van der Waals surface area contributed by atoms with Gasteiger partial charge in [0.05, 0.1) is 12.0 Å². The van der Waals surface area contributed by atoms with Crippen LogP contribution in [0.5, 0.6) is 5.75 Å². The zero-order chi connectivity index (χ0) is 22.4. The number of hydrogen-bond acceptors (Lipinski definition) is 4. The van der Waals surface area contributed by atoms with Gasteiger partial charge in [-0.05, 0) is 79.4 Å². The van der Waals surface area contributed by atoms with Gasteiger partial charge in [0.2, 0.25) is 0 Å². The van der Waals surface area contributed by atoms with Gasteiger partial charge in [-0.25, -0.2) is 8.42 Å². The zero-order valence-electron chi connectivity index (χ0n) is 17.8. The summed E-state index contributed by atoms with van der Waals surface area (Å²) in [6, 6.07) is 19.0. The highest BCUT2D eigenvalue weighted by Gasteiger charge is 2.15. The summed E-state index contributed by atoms with van der Waals surface area (Å²) in [6.45, 7) is 4.26. The van der Waals surface area contributed by atoms with E-state index in [-0.39, 0.29) is 10.8 Å². The Balaban J connectivity index is 1.60. The van der Waals surface area contributed by atoms with E-state index in [0.717, 1.165) is 22.4 Å². The second kappa shape index (κ2) is 9.66. The lowest BCUT2D eigenvalue weighted by molar-refractivity contribution is 0.0954. The van der Waals surface area contributed by atoms with Gasteiger partial charge in [0.15, 0.2) is 0 Å². The fraction of sp³-hybridized carbons (Fsp3) is 0.208. The number of methoxy groups -OCH3 is 1. The van der Waals surface area contributed by atoms with Crippen molar-refractivity contribution in [1.82, 2.24) is 5.32 Å². The molecule has 0 unspecified atom stereocenters. The molecule has 0 atom stereocenters. The summed E-state index contributed by atoms with van der Waals surface area (Å²) in [7, 11) is -2.08. The van der Waals surface area contributed by atoms with Crippen molar-refractivity contribution in [1.29, 1.82) is 0 Å². The number of rotatable bonds is 8. The lowest BCUT2D eigenvalue weighted by Crippen LogP contribution is -2.25. The van der Waals surface area contributed by atoms with E-state index in [1.807, 2.05) is 38.1 Å².